The Balaban J connectivity index is 1.64. The Hall–Kier alpha value is -2.97. The molecule has 3 rings (SSSR count). The van der Waals surface area contributed by atoms with Gasteiger partial charge in [0.05, 0.1) is 19.1 Å². The van der Waals surface area contributed by atoms with Crippen LogP contribution in [-0.4, -0.2) is 59.4 Å². The Morgan fingerprint density at radius 1 is 1.13 bits per heavy atom. The number of benzene rings is 2. The summed E-state index contributed by atoms with van der Waals surface area (Å²) < 4.78 is 4.66. The number of anilines is 1. The first kappa shape index (κ1) is 22.7. The Labute approximate surface area is 190 Å². The number of hydrogen-bond acceptors (Lipinski definition) is 5. The first-order valence-corrected chi connectivity index (χ1v) is 10.4. The number of nitrogens with one attached hydrogen (secondary N) is 1. The van der Waals surface area contributed by atoms with Gasteiger partial charge in [-0.2, -0.15) is 0 Å². The van der Waals surface area contributed by atoms with E-state index < -0.39 is 12.0 Å². The molecule has 1 heterocycles. The van der Waals surface area contributed by atoms with E-state index in [2.05, 4.69) is 10.1 Å². The van der Waals surface area contributed by atoms with E-state index >= 15 is 0 Å². The number of rotatable bonds is 7. The molecule has 1 atom stereocenters. The number of esters is 1. The molecular formula is C22H22ClN3O4S. The number of likely N-dealkylation sites (N-methyl/N-ethyl adjacent to an activating group) is 1. The molecule has 1 saturated heterocycles. The lowest BCUT2D eigenvalue weighted by molar-refractivity contribution is -0.130. The first-order valence-electron chi connectivity index (χ1n) is 9.61. The van der Waals surface area contributed by atoms with Crippen molar-refractivity contribution >= 4 is 52.4 Å². The molecule has 0 aliphatic carbocycles. The molecule has 0 saturated carbocycles. The van der Waals surface area contributed by atoms with Crippen LogP contribution in [-0.2, 0) is 20.7 Å². The van der Waals surface area contributed by atoms with Crippen LogP contribution in [0.25, 0.3) is 0 Å². The van der Waals surface area contributed by atoms with Crippen LogP contribution < -0.4 is 5.32 Å². The highest BCUT2D eigenvalue weighted by Gasteiger charge is 2.41. The molecule has 162 valence electrons. The third kappa shape index (κ3) is 5.39. The largest absolute Gasteiger partial charge is 0.465 e. The van der Waals surface area contributed by atoms with Gasteiger partial charge in [0.2, 0.25) is 5.91 Å². The number of nitrogens with zero attached hydrogens (tertiary/aromatic N) is 2. The van der Waals surface area contributed by atoms with E-state index in [0.29, 0.717) is 34.4 Å². The van der Waals surface area contributed by atoms with Crippen molar-refractivity contribution < 1.29 is 19.1 Å². The van der Waals surface area contributed by atoms with Gasteiger partial charge in [-0.3, -0.25) is 14.5 Å². The van der Waals surface area contributed by atoms with Crippen LogP contribution in [0.15, 0.2) is 48.5 Å². The lowest BCUT2D eigenvalue weighted by Crippen LogP contribution is -2.39. The van der Waals surface area contributed by atoms with Gasteiger partial charge >= 0.3 is 5.97 Å². The van der Waals surface area contributed by atoms with Crippen LogP contribution in [0.5, 0.6) is 0 Å². The highest BCUT2D eigenvalue weighted by molar-refractivity contribution is 7.80. The van der Waals surface area contributed by atoms with Crippen LogP contribution in [0.3, 0.4) is 0 Å². The third-order valence-corrected chi connectivity index (χ3v) is 5.81. The lowest BCUT2D eigenvalue weighted by Gasteiger charge is -2.23. The van der Waals surface area contributed by atoms with Gasteiger partial charge < -0.3 is 15.0 Å². The van der Waals surface area contributed by atoms with Crippen molar-refractivity contribution in [2.24, 2.45) is 0 Å². The van der Waals surface area contributed by atoms with E-state index in [-0.39, 0.29) is 18.2 Å². The zero-order valence-electron chi connectivity index (χ0n) is 17.1. The predicted octanol–water partition coefficient (Wildman–Crippen LogP) is 3.13. The molecule has 0 radical (unpaired) electrons. The van der Waals surface area contributed by atoms with E-state index in [4.69, 9.17) is 23.8 Å². The van der Waals surface area contributed by atoms with E-state index in [0.717, 1.165) is 5.56 Å². The van der Waals surface area contributed by atoms with Gasteiger partial charge in [-0.05, 0) is 60.6 Å². The van der Waals surface area contributed by atoms with E-state index in [9.17, 15) is 14.4 Å². The van der Waals surface area contributed by atoms with Gasteiger partial charge in [-0.15, -0.1) is 0 Å². The number of halogens is 1. The van der Waals surface area contributed by atoms with Crippen molar-refractivity contribution in [3.8, 4) is 0 Å². The van der Waals surface area contributed by atoms with E-state index in [1.54, 1.807) is 36.2 Å². The van der Waals surface area contributed by atoms with Gasteiger partial charge in [-0.25, -0.2) is 4.79 Å². The standard InChI is InChI=1S/C22H22ClN3O4S/c1-25-20(28)18(26(22(25)31)12-11-14-3-7-16(23)8-4-14)13-19(27)24-17-9-5-15(6-10-17)21(29)30-2/h3-10,18H,11-13H2,1-2H3,(H,24,27). The van der Waals surface area contributed by atoms with Crippen LogP contribution in [0, 0.1) is 0 Å². The molecule has 0 aromatic heterocycles. The van der Waals surface area contributed by atoms with Crippen molar-refractivity contribution in [1.29, 1.82) is 0 Å². The van der Waals surface area contributed by atoms with Crippen molar-refractivity contribution in [1.82, 2.24) is 9.80 Å². The Morgan fingerprint density at radius 3 is 2.39 bits per heavy atom. The summed E-state index contributed by atoms with van der Waals surface area (Å²) in [6.45, 7) is 0.502. The average molecular weight is 460 g/mol. The number of ether oxygens (including phenoxy) is 1. The highest BCUT2D eigenvalue weighted by Crippen LogP contribution is 2.21. The fourth-order valence-corrected chi connectivity index (χ4v) is 3.76. The van der Waals surface area contributed by atoms with Gasteiger partial charge in [-0.1, -0.05) is 23.7 Å². The summed E-state index contributed by atoms with van der Waals surface area (Å²) in [6.07, 6.45) is 0.619. The summed E-state index contributed by atoms with van der Waals surface area (Å²) in [5.74, 6) is -0.988. The maximum absolute atomic E-state index is 12.7. The maximum atomic E-state index is 12.7. The van der Waals surface area contributed by atoms with Crippen LogP contribution in [0.2, 0.25) is 5.02 Å². The minimum atomic E-state index is -0.667. The molecule has 1 unspecified atom stereocenters. The molecule has 2 amide bonds. The summed E-state index contributed by atoms with van der Waals surface area (Å²) in [5.41, 5.74) is 1.96. The second-order valence-electron chi connectivity index (χ2n) is 7.09. The fraction of sp³-hybridized carbons (Fsp3) is 0.273. The Kier molecular flexibility index (Phi) is 7.25. The first-order chi connectivity index (χ1) is 14.8. The van der Waals surface area contributed by atoms with Crippen LogP contribution >= 0.6 is 23.8 Å². The van der Waals surface area contributed by atoms with Crippen molar-refractivity contribution in [2.75, 3.05) is 26.0 Å². The molecule has 2 aromatic rings. The van der Waals surface area contributed by atoms with E-state index in [1.165, 1.54) is 12.0 Å². The summed E-state index contributed by atoms with van der Waals surface area (Å²) in [6, 6.07) is 13.1. The lowest BCUT2D eigenvalue weighted by atomic mass is 10.1. The maximum Gasteiger partial charge on any atom is 0.337 e. The minimum absolute atomic E-state index is 0.0390. The SMILES string of the molecule is COC(=O)c1ccc(NC(=O)CC2C(=O)N(C)C(=S)N2CCc2ccc(Cl)cc2)cc1. The average Bonchev–Trinajstić information content (AvgIpc) is 2.96. The van der Waals surface area contributed by atoms with Crippen LogP contribution in [0.1, 0.15) is 22.3 Å². The van der Waals surface area contributed by atoms with Gasteiger partial charge in [0.1, 0.15) is 6.04 Å². The molecule has 1 N–H and O–H groups in total. The molecule has 0 bridgehead atoms. The zero-order chi connectivity index (χ0) is 22.5. The quantitative estimate of drug-likeness (QED) is 0.506. The van der Waals surface area contributed by atoms with Crippen molar-refractivity contribution in [3.63, 3.8) is 0 Å². The monoisotopic (exact) mass is 459 g/mol. The number of carbonyl (C=O) groups excluding carboxylic acids is 3. The number of methoxy groups -OCH3 is 1. The van der Waals surface area contributed by atoms with Crippen molar-refractivity contribution in [3.05, 3.63) is 64.7 Å². The number of thiocarbonyl (C=S) groups is 1. The molecule has 9 heteroatoms. The zero-order valence-corrected chi connectivity index (χ0v) is 18.7. The highest BCUT2D eigenvalue weighted by atomic mass is 35.5. The topological polar surface area (TPSA) is 78.9 Å². The normalized spacial score (nSPS) is 15.9. The third-order valence-electron chi connectivity index (χ3n) is 5.05. The van der Waals surface area contributed by atoms with Gasteiger partial charge in [0, 0.05) is 24.3 Å². The number of amides is 2. The van der Waals surface area contributed by atoms with Gasteiger partial charge in [0.15, 0.2) is 5.11 Å². The summed E-state index contributed by atoms with van der Waals surface area (Å²) in [4.78, 5) is 40.0. The smallest absolute Gasteiger partial charge is 0.337 e. The minimum Gasteiger partial charge on any atom is -0.465 e. The summed E-state index contributed by atoms with van der Waals surface area (Å²) in [5, 5.41) is 3.82. The Morgan fingerprint density at radius 2 is 1.77 bits per heavy atom. The molecular weight excluding hydrogens is 438 g/mol. The second-order valence-corrected chi connectivity index (χ2v) is 7.89. The predicted molar refractivity (Wildman–Crippen MR) is 122 cm³/mol. The molecule has 1 aliphatic rings. The molecule has 0 spiro atoms. The number of carbonyl (C=O) groups is 3. The Bertz CT molecular complexity index is 995. The summed E-state index contributed by atoms with van der Waals surface area (Å²) in [7, 11) is 2.92. The summed E-state index contributed by atoms with van der Waals surface area (Å²) >= 11 is 11.3. The van der Waals surface area contributed by atoms with E-state index in [1.807, 2.05) is 24.3 Å². The molecule has 1 fully saturated rings. The fourth-order valence-electron chi connectivity index (χ4n) is 3.32. The van der Waals surface area contributed by atoms with Crippen LogP contribution in [0.4, 0.5) is 5.69 Å². The molecule has 1 aliphatic heterocycles. The second kappa shape index (κ2) is 9.89. The molecule has 31 heavy (non-hydrogen) atoms. The molecule has 7 nitrogen and oxygen atoms in total. The number of hydrogen-bond donors (Lipinski definition) is 1. The van der Waals surface area contributed by atoms with Crippen molar-refractivity contribution in [2.45, 2.75) is 18.9 Å². The van der Waals surface area contributed by atoms with Gasteiger partial charge in [0.25, 0.3) is 5.91 Å². The molecule has 2 aromatic carbocycles.